The lowest BCUT2D eigenvalue weighted by Crippen LogP contribution is -2.39. The molecule has 1 aliphatic heterocycles. The van der Waals surface area contributed by atoms with Gasteiger partial charge in [-0.15, -0.1) is 0 Å². The Balaban J connectivity index is 1.54. The van der Waals surface area contributed by atoms with Crippen LogP contribution in [0.2, 0.25) is 0 Å². The predicted molar refractivity (Wildman–Crippen MR) is 71.3 cm³/mol. The molecule has 4 nitrogen and oxygen atoms in total. The van der Waals surface area contributed by atoms with Gasteiger partial charge in [0.2, 0.25) is 5.91 Å². The van der Waals surface area contributed by atoms with Crippen molar-refractivity contribution in [3.63, 3.8) is 0 Å². The molecule has 104 valence electrons. The van der Waals surface area contributed by atoms with Gasteiger partial charge >= 0.3 is 0 Å². The topological polar surface area (TPSA) is 52.6 Å². The van der Waals surface area contributed by atoms with Crippen molar-refractivity contribution in [3.8, 4) is 0 Å². The van der Waals surface area contributed by atoms with Gasteiger partial charge in [0.25, 0.3) is 0 Å². The molecule has 1 saturated carbocycles. The smallest absolute Gasteiger partial charge is 0.236 e. The van der Waals surface area contributed by atoms with Gasteiger partial charge in [0.1, 0.15) is 0 Å². The Kier molecular flexibility index (Phi) is 5.45. The van der Waals surface area contributed by atoms with Gasteiger partial charge in [-0.25, -0.2) is 0 Å². The first-order chi connectivity index (χ1) is 8.75. The zero-order valence-electron chi connectivity index (χ0n) is 11.2. The highest BCUT2D eigenvalue weighted by Gasteiger charge is 2.20. The number of nitrogens with one attached hydrogen (secondary N) is 1. The third-order valence-electron chi connectivity index (χ3n) is 4.20. The number of carbonyl (C=O) groups is 1. The van der Waals surface area contributed by atoms with Crippen LogP contribution in [0.1, 0.15) is 44.9 Å². The molecule has 0 aromatic rings. The van der Waals surface area contributed by atoms with Crippen molar-refractivity contribution in [2.24, 2.45) is 5.92 Å². The molecule has 0 spiro atoms. The van der Waals surface area contributed by atoms with Crippen LogP contribution in [-0.4, -0.2) is 48.2 Å². The summed E-state index contributed by atoms with van der Waals surface area (Å²) in [5, 5.41) is 13.0. The summed E-state index contributed by atoms with van der Waals surface area (Å²) in [4.78, 5) is 13.7. The summed E-state index contributed by atoms with van der Waals surface area (Å²) in [5.41, 5.74) is 0. The number of rotatable bonds is 6. The SMILES string of the molecule is O=C(CNCC(O)CC1CCCC1)N1CCCC1. The normalized spacial score (nSPS) is 22.6. The standard InChI is InChI=1S/C14H26N2O2/c17-13(9-12-5-1-2-6-12)10-15-11-14(18)16-7-3-4-8-16/h12-13,15,17H,1-11H2. The molecule has 0 aromatic carbocycles. The van der Waals surface area contributed by atoms with Crippen molar-refractivity contribution in [3.05, 3.63) is 0 Å². The zero-order valence-corrected chi connectivity index (χ0v) is 11.2. The Labute approximate surface area is 110 Å². The number of amides is 1. The fourth-order valence-electron chi connectivity index (χ4n) is 3.14. The number of hydrogen-bond donors (Lipinski definition) is 2. The lowest BCUT2D eigenvalue weighted by Gasteiger charge is -2.18. The predicted octanol–water partition coefficient (Wildman–Crippen LogP) is 1.14. The minimum absolute atomic E-state index is 0.181. The van der Waals surface area contributed by atoms with Gasteiger partial charge in [0.05, 0.1) is 12.6 Å². The largest absolute Gasteiger partial charge is 0.392 e. The van der Waals surface area contributed by atoms with Gasteiger partial charge in [-0.1, -0.05) is 25.7 Å². The Hall–Kier alpha value is -0.610. The van der Waals surface area contributed by atoms with Crippen LogP contribution in [0.5, 0.6) is 0 Å². The van der Waals surface area contributed by atoms with Crippen molar-refractivity contribution in [1.82, 2.24) is 10.2 Å². The van der Waals surface area contributed by atoms with Gasteiger partial charge in [-0.05, 0) is 25.2 Å². The monoisotopic (exact) mass is 254 g/mol. The van der Waals surface area contributed by atoms with Crippen LogP contribution in [0.25, 0.3) is 0 Å². The molecule has 0 aromatic heterocycles. The van der Waals surface area contributed by atoms with E-state index in [1.54, 1.807) is 0 Å². The number of carbonyl (C=O) groups excluding carboxylic acids is 1. The van der Waals surface area contributed by atoms with Crippen molar-refractivity contribution in [2.75, 3.05) is 26.2 Å². The van der Waals surface area contributed by atoms with Gasteiger partial charge < -0.3 is 15.3 Å². The molecule has 1 unspecified atom stereocenters. The first-order valence-electron chi connectivity index (χ1n) is 7.42. The lowest BCUT2D eigenvalue weighted by molar-refractivity contribution is -0.129. The van der Waals surface area contributed by atoms with E-state index >= 15 is 0 Å². The second-order valence-corrected chi connectivity index (χ2v) is 5.76. The maximum atomic E-state index is 11.8. The Morgan fingerprint density at radius 2 is 1.89 bits per heavy atom. The highest BCUT2D eigenvalue weighted by atomic mass is 16.3. The van der Waals surface area contributed by atoms with Gasteiger partial charge in [-0.3, -0.25) is 4.79 Å². The molecule has 2 aliphatic rings. The van der Waals surface area contributed by atoms with E-state index in [0.29, 0.717) is 19.0 Å². The van der Waals surface area contributed by atoms with Gasteiger partial charge in [-0.2, -0.15) is 0 Å². The minimum atomic E-state index is -0.292. The molecule has 2 N–H and O–H groups in total. The van der Waals surface area contributed by atoms with Crippen molar-refractivity contribution in [2.45, 2.75) is 51.0 Å². The molecular weight excluding hydrogens is 228 g/mol. The van der Waals surface area contributed by atoms with E-state index in [9.17, 15) is 9.90 Å². The second kappa shape index (κ2) is 7.10. The number of aliphatic hydroxyl groups excluding tert-OH is 1. The van der Waals surface area contributed by atoms with E-state index < -0.39 is 0 Å². The molecule has 4 heteroatoms. The van der Waals surface area contributed by atoms with Crippen LogP contribution in [0.15, 0.2) is 0 Å². The van der Waals surface area contributed by atoms with Gasteiger partial charge in [0.15, 0.2) is 0 Å². The summed E-state index contributed by atoms with van der Waals surface area (Å²) < 4.78 is 0. The van der Waals surface area contributed by atoms with E-state index in [0.717, 1.165) is 32.4 Å². The van der Waals surface area contributed by atoms with Crippen LogP contribution >= 0.6 is 0 Å². The molecule has 1 atom stereocenters. The Morgan fingerprint density at radius 1 is 1.22 bits per heavy atom. The summed E-state index contributed by atoms with van der Waals surface area (Å²) in [7, 11) is 0. The molecule has 2 rings (SSSR count). The van der Waals surface area contributed by atoms with Crippen LogP contribution in [0, 0.1) is 5.92 Å². The van der Waals surface area contributed by atoms with Crippen LogP contribution in [0.3, 0.4) is 0 Å². The number of hydrogen-bond acceptors (Lipinski definition) is 3. The van der Waals surface area contributed by atoms with Crippen molar-refractivity contribution >= 4 is 5.91 Å². The Morgan fingerprint density at radius 3 is 2.56 bits per heavy atom. The number of likely N-dealkylation sites (tertiary alicyclic amines) is 1. The fourth-order valence-corrected chi connectivity index (χ4v) is 3.14. The second-order valence-electron chi connectivity index (χ2n) is 5.76. The molecule has 1 aliphatic carbocycles. The van der Waals surface area contributed by atoms with E-state index in [2.05, 4.69) is 5.32 Å². The molecular formula is C14H26N2O2. The third kappa shape index (κ3) is 4.25. The summed E-state index contributed by atoms with van der Waals surface area (Å²) in [6.45, 7) is 2.74. The molecule has 0 radical (unpaired) electrons. The molecule has 2 fully saturated rings. The Bertz CT molecular complexity index is 259. The molecule has 1 amide bonds. The van der Waals surface area contributed by atoms with Crippen LogP contribution in [-0.2, 0) is 4.79 Å². The maximum absolute atomic E-state index is 11.8. The van der Waals surface area contributed by atoms with E-state index in [1.807, 2.05) is 4.90 Å². The van der Waals surface area contributed by atoms with Crippen LogP contribution < -0.4 is 5.32 Å². The quantitative estimate of drug-likeness (QED) is 0.747. The number of nitrogens with zero attached hydrogens (tertiary/aromatic N) is 1. The first-order valence-corrected chi connectivity index (χ1v) is 7.42. The average molecular weight is 254 g/mol. The van der Waals surface area contributed by atoms with Crippen molar-refractivity contribution in [1.29, 1.82) is 0 Å². The minimum Gasteiger partial charge on any atom is -0.392 e. The van der Waals surface area contributed by atoms with E-state index in [-0.39, 0.29) is 12.0 Å². The number of aliphatic hydroxyl groups is 1. The molecule has 1 saturated heterocycles. The summed E-state index contributed by atoms with van der Waals surface area (Å²) >= 11 is 0. The lowest BCUT2D eigenvalue weighted by atomic mass is 10.0. The molecule has 0 bridgehead atoms. The first kappa shape index (κ1) is 13.8. The fraction of sp³-hybridized carbons (Fsp3) is 0.929. The van der Waals surface area contributed by atoms with Crippen LogP contribution in [0.4, 0.5) is 0 Å². The average Bonchev–Trinajstić information content (AvgIpc) is 3.00. The van der Waals surface area contributed by atoms with E-state index in [1.165, 1.54) is 25.7 Å². The molecule has 18 heavy (non-hydrogen) atoms. The summed E-state index contributed by atoms with van der Waals surface area (Å²) in [6, 6.07) is 0. The van der Waals surface area contributed by atoms with Gasteiger partial charge in [0, 0.05) is 19.6 Å². The summed E-state index contributed by atoms with van der Waals surface area (Å²) in [5.74, 6) is 0.886. The third-order valence-corrected chi connectivity index (χ3v) is 4.20. The van der Waals surface area contributed by atoms with E-state index in [4.69, 9.17) is 0 Å². The highest BCUT2D eigenvalue weighted by molar-refractivity contribution is 5.78. The van der Waals surface area contributed by atoms with Crippen molar-refractivity contribution < 1.29 is 9.90 Å². The maximum Gasteiger partial charge on any atom is 0.236 e. The zero-order chi connectivity index (χ0) is 12.8. The molecule has 1 heterocycles. The summed E-state index contributed by atoms with van der Waals surface area (Å²) in [6.07, 6.45) is 8.04. The highest BCUT2D eigenvalue weighted by Crippen LogP contribution is 2.28.